The van der Waals surface area contributed by atoms with E-state index < -0.39 is 0 Å². The average molecular weight is 313 g/mol. The summed E-state index contributed by atoms with van der Waals surface area (Å²) in [5.41, 5.74) is 2.17. The van der Waals surface area contributed by atoms with Crippen LogP contribution in [0.15, 0.2) is 35.7 Å². The first-order chi connectivity index (χ1) is 10.7. The lowest BCUT2D eigenvalue weighted by Gasteiger charge is -2.21. The van der Waals surface area contributed by atoms with Gasteiger partial charge in [0, 0.05) is 43.2 Å². The zero-order valence-electron chi connectivity index (χ0n) is 12.6. The highest BCUT2D eigenvalue weighted by molar-refractivity contribution is 7.09. The highest BCUT2D eigenvalue weighted by Crippen LogP contribution is 2.35. The van der Waals surface area contributed by atoms with Crippen LogP contribution >= 0.6 is 11.3 Å². The van der Waals surface area contributed by atoms with Gasteiger partial charge < -0.3 is 4.90 Å². The Bertz CT molecular complexity index is 684. The van der Waals surface area contributed by atoms with Gasteiger partial charge in [0.2, 0.25) is 5.91 Å². The zero-order valence-corrected chi connectivity index (χ0v) is 13.4. The molecule has 0 spiro atoms. The minimum absolute atomic E-state index is 0.153. The Hall–Kier alpha value is -1.72. The largest absolute Gasteiger partial charge is 0.312 e. The first kappa shape index (κ1) is 13.9. The summed E-state index contributed by atoms with van der Waals surface area (Å²) in [6.07, 6.45) is 0. The molecule has 0 bridgehead atoms. The van der Waals surface area contributed by atoms with Gasteiger partial charge in [0.1, 0.15) is 0 Å². The minimum Gasteiger partial charge on any atom is -0.312 e. The molecule has 1 amide bonds. The van der Waals surface area contributed by atoms with Gasteiger partial charge in [-0.05, 0) is 19.1 Å². The van der Waals surface area contributed by atoms with Gasteiger partial charge in [-0.25, -0.2) is 4.98 Å². The molecular formula is C17H19N3OS. The summed E-state index contributed by atoms with van der Waals surface area (Å²) in [4.78, 5) is 21.5. The number of hydrogen-bond donors (Lipinski definition) is 0. The van der Waals surface area contributed by atoms with E-state index in [0.29, 0.717) is 5.92 Å². The molecule has 0 N–H and O–H groups in total. The normalized spacial score (nSPS) is 25.0. The second kappa shape index (κ2) is 5.48. The molecule has 2 aromatic rings. The molecule has 4 rings (SSSR count). The van der Waals surface area contributed by atoms with Crippen molar-refractivity contribution in [3.63, 3.8) is 0 Å². The third-order valence-electron chi connectivity index (χ3n) is 4.64. The Morgan fingerprint density at radius 3 is 2.73 bits per heavy atom. The number of likely N-dealkylation sites (tertiary alicyclic amines) is 1. The highest BCUT2D eigenvalue weighted by atomic mass is 32.1. The minimum atomic E-state index is 0.153. The van der Waals surface area contributed by atoms with Crippen LogP contribution in [-0.2, 0) is 11.3 Å². The number of hydrogen-bond acceptors (Lipinski definition) is 4. The lowest BCUT2D eigenvalue weighted by atomic mass is 10.0. The van der Waals surface area contributed by atoms with E-state index in [4.69, 9.17) is 0 Å². The van der Waals surface area contributed by atoms with Crippen LogP contribution < -0.4 is 4.90 Å². The topological polar surface area (TPSA) is 36.4 Å². The second-order valence-corrected chi connectivity index (χ2v) is 7.27. The number of fused-ring (bicyclic) bond motifs is 1. The smallest absolute Gasteiger partial charge is 0.231 e. The van der Waals surface area contributed by atoms with E-state index in [0.717, 1.165) is 42.6 Å². The van der Waals surface area contributed by atoms with Crippen molar-refractivity contribution in [2.24, 2.45) is 11.8 Å². The summed E-state index contributed by atoms with van der Waals surface area (Å²) in [7, 11) is 0. The van der Waals surface area contributed by atoms with Crippen molar-refractivity contribution in [2.75, 3.05) is 24.5 Å². The van der Waals surface area contributed by atoms with Crippen molar-refractivity contribution in [3.05, 3.63) is 46.4 Å². The molecule has 2 aliphatic rings. The van der Waals surface area contributed by atoms with Crippen molar-refractivity contribution >= 4 is 22.9 Å². The summed E-state index contributed by atoms with van der Waals surface area (Å²) in [5.74, 6) is 0.889. The van der Waals surface area contributed by atoms with Gasteiger partial charge in [-0.1, -0.05) is 18.2 Å². The summed E-state index contributed by atoms with van der Waals surface area (Å²) in [6, 6.07) is 10.0. The van der Waals surface area contributed by atoms with Gasteiger partial charge in [0.05, 0.1) is 16.6 Å². The molecule has 1 aromatic carbocycles. The van der Waals surface area contributed by atoms with Gasteiger partial charge in [0.25, 0.3) is 0 Å². The monoisotopic (exact) mass is 313 g/mol. The molecule has 22 heavy (non-hydrogen) atoms. The van der Waals surface area contributed by atoms with Gasteiger partial charge in [0.15, 0.2) is 0 Å². The predicted octanol–water partition coefficient (Wildman–Crippen LogP) is 2.55. The molecule has 0 aliphatic carbocycles. The van der Waals surface area contributed by atoms with Crippen molar-refractivity contribution in [3.8, 4) is 0 Å². The van der Waals surface area contributed by atoms with E-state index in [2.05, 4.69) is 15.3 Å². The number of anilines is 1. The summed E-state index contributed by atoms with van der Waals surface area (Å²) in [6.45, 7) is 5.62. The number of nitrogens with zero attached hydrogens (tertiary/aromatic N) is 3. The van der Waals surface area contributed by atoms with E-state index >= 15 is 0 Å². The quantitative estimate of drug-likeness (QED) is 0.874. The van der Waals surface area contributed by atoms with E-state index in [9.17, 15) is 4.79 Å². The Kier molecular flexibility index (Phi) is 3.47. The number of rotatable bonds is 3. The van der Waals surface area contributed by atoms with E-state index in [1.807, 2.05) is 42.2 Å². The Morgan fingerprint density at radius 1 is 1.23 bits per heavy atom. The Balaban J connectivity index is 1.44. The molecular weight excluding hydrogens is 294 g/mol. The number of carbonyl (C=O) groups excluding carboxylic acids is 1. The van der Waals surface area contributed by atoms with Gasteiger partial charge in [-0.15, -0.1) is 11.3 Å². The number of para-hydroxylation sites is 1. The molecule has 5 heteroatoms. The molecule has 0 radical (unpaired) electrons. The molecule has 0 unspecified atom stereocenters. The summed E-state index contributed by atoms with van der Waals surface area (Å²) < 4.78 is 0. The first-order valence-electron chi connectivity index (χ1n) is 7.70. The maximum atomic E-state index is 12.7. The lowest BCUT2D eigenvalue weighted by molar-refractivity contribution is -0.120. The first-order valence-corrected chi connectivity index (χ1v) is 8.58. The van der Waals surface area contributed by atoms with Crippen molar-refractivity contribution in [1.29, 1.82) is 0 Å². The van der Waals surface area contributed by atoms with Crippen LogP contribution in [0.1, 0.15) is 10.7 Å². The molecule has 114 valence electrons. The molecule has 1 aromatic heterocycles. The fraction of sp³-hybridized carbons (Fsp3) is 0.412. The van der Waals surface area contributed by atoms with Gasteiger partial charge in [-0.2, -0.15) is 0 Å². The van der Waals surface area contributed by atoms with Crippen LogP contribution in [0.2, 0.25) is 0 Å². The van der Waals surface area contributed by atoms with Crippen LogP contribution in [0.25, 0.3) is 0 Å². The summed E-state index contributed by atoms with van der Waals surface area (Å²) >= 11 is 1.69. The third-order valence-corrected chi connectivity index (χ3v) is 5.46. The number of amides is 1. The van der Waals surface area contributed by atoms with Crippen LogP contribution in [0.5, 0.6) is 0 Å². The fourth-order valence-electron chi connectivity index (χ4n) is 3.63. The van der Waals surface area contributed by atoms with Gasteiger partial charge >= 0.3 is 0 Å². The molecule has 2 fully saturated rings. The maximum absolute atomic E-state index is 12.7. The van der Waals surface area contributed by atoms with Crippen molar-refractivity contribution in [1.82, 2.24) is 9.88 Å². The highest BCUT2D eigenvalue weighted by Gasteiger charge is 2.46. The second-order valence-electron chi connectivity index (χ2n) is 6.20. The van der Waals surface area contributed by atoms with E-state index in [1.54, 1.807) is 11.3 Å². The van der Waals surface area contributed by atoms with Crippen LogP contribution in [0.4, 0.5) is 5.69 Å². The number of carbonyl (C=O) groups is 1. The molecule has 4 nitrogen and oxygen atoms in total. The third kappa shape index (κ3) is 2.44. The maximum Gasteiger partial charge on any atom is 0.231 e. The molecule has 0 saturated carbocycles. The Labute approximate surface area is 134 Å². The van der Waals surface area contributed by atoms with Crippen LogP contribution in [0.3, 0.4) is 0 Å². The average Bonchev–Trinajstić information content (AvgIpc) is 3.18. The number of aryl methyl sites for hydroxylation is 1. The predicted molar refractivity (Wildman–Crippen MR) is 87.9 cm³/mol. The van der Waals surface area contributed by atoms with E-state index in [1.165, 1.54) is 0 Å². The van der Waals surface area contributed by atoms with Crippen molar-refractivity contribution < 1.29 is 4.79 Å². The standard InChI is InChI=1S/C17H19N3OS/c1-12-18-14(11-22-12)9-19-7-13-8-20(17(21)16(13)10-19)15-5-3-2-4-6-15/h2-6,11,13,16H,7-10H2,1H3/t13-,16-/m1/s1. The van der Waals surface area contributed by atoms with E-state index in [-0.39, 0.29) is 11.8 Å². The Morgan fingerprint density at radius 2 is 2.05 bits per heavy atom. The number of thiazole rings is 1. The number of benzene rings is 1. The molecule has 2 atom stereocenters. The van der Waals surface area contributed by atoms with Crippen LogP contribution in [0, 0.1) is 18.8 Å². The molecule has 2 saturated heterocycles. The fourth-order valence-corrected chi connectivity index (χ4v) is 4.23. The number of aromatic nitrogens is 1. The zero-order chi connectivity index (χ0) is 15.1. The molecule has 2 aliphatic heterocycles. The van der Waals surface area contributed by atoms with Crippen molar-refractivity contribution in [2.45, 2.75) is 13.5 Å². The van der Waals surface area contributed by atoms with Gasteiger partial charge in [-0.3, -0.25) is 9.69 Å². The van der Waals surface area contributed by atoms with Crippen LogP contribution in [-0.4, -0.2) is 35.4 Å². The lowest BCUT2D eigenvalue weighted by Crippen LogP contribution is -2.32. The summed E-state index contributed by atoms with van der Waals surface area (Å²) in [5, 5.41) is 3.24. The SMILES string of the molecule is Cc1nc(CN2C[C@@H]3CN(c4ccccc4)C(=O)[C@@H]3C2)cs1. The molecule has 3 heterocycles.